The van der Waals surface area contributed by atoms with Crippen LogP contribution in [-0.2, 0) is 0 Å². The Morgan fingerprint density at radius 3 is 2.60 bits per heavy atom. The number of rotatable bonds is 0. The van der Waals surface area contributed by atoms with Crippen molar-refractivity contribution in [3.8, 4) is 0 Å². The Hall–Kier alpha value is -0.300. The van der Waals surface area contributed by atoms with Crippen molar-refractivity contribution in [1.29, 1.82) is 0 Å². The standard InChI is InChI=1S/C9H13N/c10-9-3-5-1-2-6(9)8-4-7(5)8/h1-2,5-9H,3-4,10H2/t5-,6-,7-,8+,9+/m1/s1. The van der Waals surface area contributed by atoms with Crippen molar-refractivity contribution in [3.63, 3.8) is 0 Å². The van der Waals surface area contributed by atoms with Crippen LogP contribution in [0.1, 0.15) is 12.8 Å². The molecule has 0 unspecified atom stereocenters. The molecule has 0 aromatic carbocycles. The first-order valence-electron chi connectivity index (χ1n) is 4.30. The zero-order valence-electron chi connectivity index (χ0n) is 6.03. The van der Waals surface area contributed by atoms with E-state index in [9.17, 15) is 0 Å². The lowest BCUT2D eigenvalue weighted by atomic mass is 9.73. The summed E-state index contributed by atoms with van der Waals surface area (Å²) in [6, 6.07) is 0.499. The lowest BCUT2D eigenvalue weighted by molar-refractivity contribution is 0.268. The molecule has 0 spiro atoms. The maximum Gasteiger partial charge on any atom is 0.0110 e. The van der Waals surface area contributed by atoms with Crippen LogP contribution in [0.25, 0.3) is 0 Å². The topological polar surface area (TPSA) is 26.0 Å². The van der Waals surface area contributed by atoms with E-state index in [0.29, 0.717) is 6.04 Å². The van der Waals surface area contributed by atoms with Crippen LogP contribution >= 0.6 is 0 Å². The van der Waals surface area contributed by atoms with Gasteiger partial charge in [-0.15, -0.1) is 0 Å². The Bertz CT molecular complexity index is 195. The SMILES string of the molecule is N[C@H]1C[C@H]2C=C[C@@H]1[C@@H]1C[C@@H]12. The maximum absolute atomic E-state index is 5.99. The lowest BCUT2D eigenvalue weighted by Gasteiger charge is -2.35. The number of allylic oxidation sites excluding steroid dienone is 1. The van der Waals surface area contributed by atoms with E-state index in [-0.39, 0.29) is 0 Å². The van der Waals surface area contributed by atoms with E-state index in [2.05, 4.69) is 12.2 Å². The summed E-state index contributed by atoms with van der Waals surface area (Å²) < 4.78 is 0. The first kappa shape index (κ1) is 5.36. The van der Waals surface area contributed by atoms with Gasteiger partial charge in [-0.2, -0.15) is 0 Å². The molecule has 0 amide bonds. The smallest absolute Gasteiger partial charge is 0.0110 e. The van der Waals surface area contributed by atoms with Crippen LogP contribution in [0.4, 0.5) is 0 Å². The quantitative estimate of drug-likeness (QED) is 0.495. The highest BCUT2D eigenvalue weighted by molar-refractivity contribution is 5.19. The van der Waals surface area contributed by atoms with E-state index in [1.165, 1.54) is 12.8 Å². The normalized spacial score (nSPS) is 62.3. The molecule has 0 saturated heterocycles. The van der Waals surface area contributed by atoms with E-state index in [4.69, 9.17) is 5.73 Å². The summed E-state index contributed by atoms with van der Waals surface area (Å²) in [5, 5.41) is 0. The molecule has 54 valence electrons. The average molecular weight is 135 g/mol. The fourth-order valence-electron chi connectivity index (χ4n) is 2.91. The van der Waals surface area contributed by atoms with Gasteiger partial charge in [0.2, 0.25) is 0 Å². The predicted octanol–water partition coefficient (Wildman–Crippen LogP) is 1.16. The molecule has 2 bridgehead atoms. The minimum Gasteiger partial charge on any atom is -0.327 e. The van der Waals surface area contributed by atoms with Crippen LogP contribution < -0.4 is 5.73 Å². The van der Waals surface area contributed by atoms with Crippen molar-refractivity contribution in [2.75, 3.05) is 0 Å². The third-order valence-electron chi connectivity index (χ3n) is 3.55. The van der Waals surface area contributed by atoms with Crippen LogP contribution in [0.3, 0.4) is 0 Å². The molecule has 4 rings (SSSR count). The molecule has 1 nitrogen and oxygen atoms in total. The number of fused-ring (bicyclic) bond motifs is 1. The summed E-state index contributed by atoms with van der Waals surface area (Å²) >= 11 is 0. The summed E-state index contributed by atoms with van der Waals surface area (Å²) in [6.45, 7) is 0. The van der Waals surface area contributed by atoms with Gasteiger partial charge in [-0.1, -0.05) is 12.2 Å². The van der Waals surface area contributed by atoms with E-state index in [1.807, 2.05) is 0 Å². The average Bonchev–Trinajstić information content (AvgIpc) is 2.66. The minimum atomic E-state index is 0.499. The second kappa shape index (κ2) is 1.48. The monoisotopic (exact) mass is 135 g/mol. The first-order chi connectivity index (χ1) is 4.86. The molecule has 2 fully saturated rings. The highest BCUT2D eigenvalue weighted by atomic mass is 14.7. The van der Waals surface area contributed by atoms with Crippen LogP contribution in [0.15, 0.2) is 12.2 Å². The summed E-state index contributed by atoms with van der Waals surface area (Å²) in [5.74, 6) is 3.67. The van der Waals surface area contributed by atoms with Gasteiger partial charge in [-0.3, -0.25) is 0 Å². The zero-order chi connectivity index (χ0) is 6.72. The van der Waals surface area contributed by atoms with Gasteiger partial charge in [-0.05, 0) is 36.5 Å². The minimum absolute atomic E-state index is 0.499. The van der Waals surface area contributed by atoms with Crippen molar-refractivity contribution in [1.82, 2.24) is 0 Å². The molecule has 2 saturated carbocycles. The predicted molar refractivity (Wildman–Crippen MR) is 40.3 cm³/mol. The molecule has 4 aliphatic carbocycles. The summed E-state index contributed by atoms with van der Waals surface area (Å²) in [4.78, 5) is 0. The van der Waals surface area contributed by atoms with E-state index in [0.717, 1.165) is 23.7 Å². The van der Waals surface area contributed by atoms with Crippen LogP contribution in [-0.4, -0.2) is 6.04 Å². The Balaban J connectivity index is 2.02. The van der Waals surface area contributed by atoms with E-state index in [1.54, 1.807) is 0 Å². The highest BCUT2D eigenvalue weighted by Gasteiger charge is 2.53. The second-order valence-electron chi connectivity index (χ2n) is 4.09. The van der Waals surface area contributed by atoms with Crippen molar-refractivity contribution in [2.45, 2.75) is 18.9 Å². The van der Waals surface area contributed by atoms with Gasteiger partial charge in [0.15, 0.2) is 0 Å². The number of hydrogen-bond acceptors (Lipinski definition) is 1. The number of nitrogens with two attached hydrogens (primary N) is 1. The molecule has 0 aromatic rings. The van der Waals surface area contributed by atoms with Gasteiger partial charge in [0, 0.05) is 6.04 Å². The molecule has 0 heterocycles. The van der Waals surface area contributed by atoms with E-state index >= 15 is 0 Å². The second-order valence-corrected chi connectivity index (χ2v) is 4.09. The molecule has 0 aliphatic heterocycles. The van der Waals surface area contributed by atoms with Crippen molar-refractivity contribution in [3.05, 3.63) is 12.2 Å². The molecule has 1 heteroatoms. The Morgan fingerprint density at radius 2 is 2.00 bits per heavy atom. The Morgan fingerprint density at radius 1 is 1.10 bits per heavy atom. The van der Waals surface area contributed by atoms with Gasteiger partial charge in [0.25, 0.3) is 0 Å². The largest absolute Gasteiger partial charge is 0.327 e. The molecular formula is C9H13N. The van der Waals surface area contributed by atoms with Gasteiger partial charge < -0.3 is 5.73 Å². The Kier molecular flexibility index (Phi) is 0.791. The molecule has 0 radical (unpaired) electrons. The fourth-order valence-corrected chi connectivity index (χ4v) is 2.91. The molecule has 2 N–H and O–H groups in total. The molecule has 4 aliphatic rings. The van der Waals surface area contributed by atoms with Crippen LogP contribution in [0, 0.1) is 23.7 Å². The third-order valence-corrected chi connectivity index (χ3v) is 3.55. The molecule has 10 heavy (non-hydrogen) atoms. The molecule has 0 aromatic heterocycles. The third kappa shape index (κ3) is 0.485. The zero-order valence-corrected chi connectivity index (χ0v) is 6.03. The molecule has 5 atom stereocenters. The molecular weight excluding hydrogens is 122 g/mol. The Labute approximate surface area is 61.3 Å². The van der Waals surface area contributed by atoms with Crippen molar-refractivity contribution >= 4 is 0 Å². The summed E-state index contributed by atoms with van der Waals surface area (Å²) in [7, 11) is 0. The van der Waals surface area contributed by atoms with Gasteiger partial charge in [-0.25, -0.2) is 0 Å². The fraction of sp³-hybridized carbons (Fsp3) is 0.778. The first-order valence-corrected chi connectivity index (χ1v) is 4.30. The maximum atomic E-state index is 5.99. The highest BCUT2D eigenvalue weighted by Crippen LogP contribution is 2.58. The van der Waals surface area contributed by atoms with Crippen molar-refractivity contribution in [2.24, 2.45) is 29.4 Å². The van der Waals surface area contributed by atoms with Gasteiger partial charge in [0.1, 0.15) is 0 Å². The van der Waals surface area contributed by atoms with E-state index < -0.39 is 0 Å². The van der Waals surface area contributed by atoms with Crippen molar-refractivity contribution < 1.29 is 0 Å². The van der Waals surface area contributed by atoms with Crippen LogP contribution in [0.2, 0.25) is 0 Å². The summed E-state index contributed by atoms with van der Waals surface area (Å²) in [6.07, 6.45) is 7.51. The van der Waals surface area contributed by atoms with Gasteiger partial charge in [0.05, 0.1) is 0 Å². The lowest BCUT2D eigenvalue weighted by Crippen LogP contribution is -2.39. The van der Waals surface area contributed by atoms with Gasteiger partial charge >= 0.3 is 0 Å². The number of hydrogen-bond donors (Lipinski definition) is 1. The summed E-state index contributed by atoms with van der Waals surface area (Å²) in [5.41, 5.74) is 5.99. The van der Waals surface area contributed by atoms with Crippen LogP contribution in [0.5, 0.6) is 0 Å².